The van der Waals surface area contributed by atoms with Gasteiger partial charge in [0.15, 0.2) is 0 Å². The Hall–Kier alpha value is -0.160. The third-order valence-corrected chi connectivity index (χ3v) is 2.79. The maximum absolute atomic E-state index is 9.66. The van der Waals surface area contributed by atoms with Gasteiger partial charge in [0.1, 0.15) is 0 Å². The molecule has 4 heteroatoms. The lowest BCUT2D eigenvalue weighted by Gasteiger charge is -2.13. The molecular formula is C14H32N2O2. The second-order valence-electron chi connectivity index (χ2n) is 5.15. The van der Waals surface area contributed by atoms with Crippen molar-refractivity contribution in [1.29, 1.82) is 0 Å². The number of nitrogens with one attached hydrogen (secondary N) is 1. The smallest absolute Gasteiger partial charge is 0.0897 e. The fourth-order valence-electron chi connectivity index (χ4n) is 1.70. The lowest BCUT2D eigenvalue weighted by Crippen LogP contribution is -2.32. The molecule has 2 N–H and O–H groups in total. The summed E-state index contributed by atoms with van der Waals surface area (Å²) in [5.41, 5.74) is 0. The molecule has 0 spiro atoms. The number of unbranched alkanes of at least 4 members (excludes halogenated alkanes) is 3. The van der Waals surface area contributed by atoms with Crippen LogP contribution >= 0.6 is 0 Å². The second-order valence-corrected chi connectivity index (χ2v) is 5.15. The van der Waals surface area contributed by atoms with Crippen LogP contribution in [0.5, 0.6) is 0 Å². The van der Waals surface area contributed by atoms with E-state index >= 15 is 0 Å². The van der Waals surface area contributed by atoms with Crippen molar-refractivity contribution in [2.24, 2.45) is 0 Å². The maximum atomic E-state index is 9.66. The van der Waals surface area contributed by atoms with E-state index < -0.39 is 0 Å². The van der Waals surface area contributed by atoms with Crippen molar-refractivity contribution in [2.45, 2.75) is 45.1 Å². The van der Waals surface area contributed by atoms with Gasteiger partial charge in [0, 0.05) is 13.2 Å². The van der Waals surface area contributed by atoms with Gasteiger partial charge in [-0.2, -0.15) is 0 Å². The highest BCUT2D eigenvalue weighted by Gasteiger charge is 2.03. The Morgan fingerprint density at radius 2 is 1.94 bits per heavy atom. The number of aliphatic hydroxyl groups is 1. The molecule has 4 nitrogen and oxygen atoms in total. The van der Waals surface area contributed by atoms with Gasteiger partial charge in [-0.15, -0.1) is 0 Å². The van der Waals surface area contributed by atoms with Crippen LogP contribution in [0.25, 0.3) is 0 Å². The molecule has 1 atom stereocenters. The molecular weight excluding hydrogens is 228 g/mol. The first kappa shape index (κ1) is 17.8. The molecule has 0 radical (unpaired) electrons. The lowest BCUT2D eigenvalue weighted by molar-refractivity contribution is 0.0355. The Morgan fingerprint density at radius 1 is 1.17 bits per heavy atom. The van der Waals surface area contributed by atoms with Gasteiger partial charge < -0.3 is 20.1 Å². The normalized spacial score (nSPS) is 13.2. The van der Waals surface area contributed by atoms with E-state index in [1.165, 1.54) is 19.3 Å². The minimum atomic E-state index is -0.379. The molecule has 0 aliphatic heterocycles. The number of hydrogen-bond acceptors (Lipinski definition) is 4. The minimum absolute atomic E-state index is 0.379. The number of ether oxygens (including phenoxy) is 1. The lowest BCUT2D eigenvalue weighted by atomic mass is 10.2. The molecule has 0 bridgehead atoms. The quantitative estimate of drug-likeness (QED) is 0.492. The molecule has 0 saturated carbocycles. The van der Waals surface area contributed by atoms with Crippen LogP contribution in [-0.2, 0) is 4.74 Å². The van der Waals surface area contributed by atoms with Gasteiger partial charge in [-0.1, -0.05) is 26.2 Å². The number of nitrogens with zero attached hydrogens (tertiary/aromatic N) is 1. The van der Waals surface area contributed by atoms with Crippen LogP contribution in [0.4, 0.5) is 0 Å². The standard InChI is InChI=1S/C14H32N2O2/c1-4-5-6-7-11-18-13-14(17)12-15-9-8-10-16(2)3/h14-15,17H,4-13H2,1-3H3. The zero-order valence-electron chi connectivity index (χ0n) is 12.5. The Bertz CT molecular complexity index is 166. The highest BCUT2D eigenvalue weighted by atomic mass is 16.5. The van der Waals surface area contributed by atoms with Gasteiger partial charge in [-0.05, 0) is 40.0 Å². The predicted molar refractivity (Wildman–Crippen MR) is 77.0 cm³/mol. The van der Waals surface area contributed by atoms with E-state index in [-0.39, 0.29) is 6.10 Å². The van der Waals surface area contributed by atoms with E-state index in [2.05, 4.69) is 31.2 Å². The topological polar surface area (TPSA) is 44.7 Å². The van der Waals surface area contributed by atoms with E-state index in [9.17, 15) is 5.11 Å². The minimum Gasteiger partial charge on any atom is -0.389 e. The Labute approximate surface area is 113 Å². The van der Waals surface area contributed by atoms with E-state index in [1.807, 2.05) is 0 Å². The van der Waals surface area contributed by atoms with Crippen LogP contribution in [0.3, 0.4) is 0 Å². The third-order valence-electron chi connectivity index (χ3n) is 2.79. The summed E-state index contributed by atoms with van der Waals surface area (Å²) in [6, 6.07) is 0. The summed E-state index contributed by atoms with van der Waals surface area (Å²) in [4.78, 5) is 2.16. The average molecular weight is 260 g/mol. The average Bonchev–Trinajstić information content (AvgIpc) is 2.33. The van der Waals surface area contributed by atoms with Gasteiger partial charge in [0.2, 0.25) is 0 Å². The summed E-state index contributed by atoms with van der Waals surface area (Å²) in [6.45, 7) is 6.09. The molecule has 0 saturated heterocycles. The first-order valence-corrected chi connectivity index (χ1v) is 7.28. The van der Waals surface area contributed by atoms with Crippen molar-refractivity contribution in [2.75, 3.05) is 46.9 Å². The molecule has 0 aromatic carbocycles. The first-order chi connectivity index (χ1) is 8.66. The number of hydrogen-bond donors (Lipinski definition) is 2. The molecule has 0 aromatic heterocycles. The van der Waals surface area contributed by atoms with Gasteiger partial charge in [-0.25, -0.2) is 0 Å². The monoisotopic (exact) mass is 260 g/mol. The highest BCUT2D eigenvalue weighted by Crippen LogP contribution is 1.99. The Morgan fingerprint density at radius 3 is 2.61 bits per heavy atom. The fourth-order valence-corrected chi connectivity index (χ4v) is 1.70. The van der Waals surface area contributed by atoms with E-state index in [0.717, 1.165) is 32.5 Å². The molecule has 0 aliphatic rings. The fraction of sp³-hybridized carbons (Fsp3) is 1.00. The second kappa shape index (κ2) is 13.3. The van der Waals surface area contributed by atoms with Crippen LogP contribution in [0.15, 0.2) is 0 Å². The molecule has 110 valence electrons. The van der Waals surface area contributed by atoms with Gasteiger partial charge in [-0.3, -0.25) is 0 Å². The van der Waals surface area contributed by atoms with Crippen molar-refractivity contribution >= 4 is 0 Å². The Balaban J connectivity index is 3.15. The van der Waals surface area contributed by atoms with E-state index in [4.69, 9.17) is 4.74 Å². The molecule has 0 amide bonds. The van der Waals surface area contributed by atoms with Crippen molar-refractivity contribution in [1.82, 2.24) is 10.2 Å². The SMILES string of the molecule is CCCCCCOCC(O)CNCCCN(C)C. The third kappa shape index (κ3) is 13.9. The summed E-state index contributed by atoms with van der Waals surface area (Å²) in [5.74, 6) is 0. The summed E-state index contributed by atoms with van der Waals surface area (Å²) < 4.78 is 5.44. The predicted octanol–water partition coefficient (Wildman–Crippen LogP) is 1.49. The van der Waals surface area contributed by atoms with Crippen LogP contribution in [0.2, 0.25) is 0 Å². The first-order valence-electron chi connectivity index (χ1n) is 7.28. The summed E-state index contributed by atoms with van der Waals surface area (Å²) in [5, 5.41) is 12.9. The van der Waals surface area contributed by atoms with Crippen LogP contribution < -0.4 is 5.32 Å². The van der Waals surface area contributed by atoms with Crippen LogP contribution in [-0.4, -0.2) is 63.1 Å². The van der Waals surface area contributed by atoms with E-state index in [0.29, 0.717) is 13.2 Å². The van der Waals surface area contributed by atoms with Crippen LogP contribution in [0, 0.1) is 0 Å². The van der Waals surface area contributed by atoms with Gasteiger partial charge in [0.25, 0.3) is 0 Å². The number of rotatable bonds is 13. The zero-order valence-corrected chi connectivity index (χ0v) is 12.5. The number of aliphatic hydroxyl groups excluding tert-OH is 1. The summed E-state index contributed by atoms with van der Waals surface area (Å²) in [7, 11) is 4.14. The van der Waals surface area contributed by atoms with Crippen molar-refractivity contribution in [3.8, 4) is 0 Å². The molecule has 0 aliphatic carbocycles. The molecule has 0 heterocycles. The van der Waals surface area contributed by atoms with E-state index in [1.54, 1.807) is 0 Å². The molecule has 0 fully saturated rings. The Kier molecular flexibility index (Phi) is 13.2. The molecule has 0 aromatic rings. The van der Waals surface area contributed by atoms with Crippen molar-refractivity contribution < 1.29 is 9.84 Å². The molecule has 18 heavy (non-hydrogen) atoms. The van der Waals surface area contributed by atoms with Crippen LogP contribution in [0.1, 0.15) is 39.0 Å². The molecule has 0 rings (SSSR count). The largest absolute Gasteiger partial charge is 0.389 e. The van der Waals surface area contributed by atoms with Gasteiger partial charge in [0.05, 0.1) is 12.7 Å². The highest BCUT2D eigenvalue weighted by molar-refractivity contribution is 4.59. The van der Waals surface area contributed by atoms with Crippen molar-refractivity contribution in [3.63, 3.8) is 0 Å². The molecule has 1 unspecified atom stereocenters. The maximum Gasteiger partial charge on any atom is 0.0897 e. The summed E-state index contributed by atoms with van der Waals surface area (Å²) in [6.07, 6.45) is 5.60. The van der Waals surface area contributed by atoms with Crippen molar-refractivity contribution in [3.05, 3.63) is 0 Å². The zero-order chi connectivity index (χ0) is 13.6. The summed E-state index contributed by atoms with van der Waals surface area (Å²) >= 11 is 0. The van der Waals surface area contributed by atoms with Gasteiger partial charge >= 0.3 is 0 Å².